The van der Waals surface area contributed by atoms with Crippen molar-refractivity contribution < 1.29 is 22.7 Å². The standard InChI is InChI=1S/C19H24N2O5S/c1-3-25-16-10-12-17(13-11-16)27(23,24)21-20-19(22)14-9-15-7-5-6-8-18(15)26-4-2/h5-8,10-13,21H,3-4,9,14H2,1-2H3,(H,20,22). The molecule has 2 rings (SSSR count). The van der Waals surface area contributed by atoms with Gasteiger partial charge < -0.3 is 9.47 Å². The second kappa shape index (κ2) is 9.94. The molecule has 0 aliphatic rings. The number of para-hydroxylation sites is 1. The van der Waals surface area contributed by atoms with Gasteiger partial charge in [-0.1, -0.05) is 18.2 Å². The zero-order valence-electron chi connectivity index (χ0n) is 15.4. The number of aryl methyl sites for hydroxylation is 1. The van der Waals surface area contributed by atoms with Crippen LogP contribution < -0.4 is 19.7 Å². The fourth-order valence-electron chi connectivity index (χ4n) is 2.38. The molecule has 2 aromatic rings. The number of hydrogen-bond acceptors (Lipinski definition) is 5. The average molecular weight is 392 g/mol. The monoisotopic (exact) mass is 392 g/mol. The van der Waals surface area contributed by atoms with Crippen molar-refractivity contribution in [3.05, 3.63) is 54.1 Å². The molecule has 0 atom stereocenters. The Morgan fingerprint density at radius 2 is 1.63 bits per heavy atom. The molecule has 7 nitrogen and oxygen atoms in total. The van der Waals surface area contributed by atoms with E-state index >= 15 is 0 Å². The molecule has 27 heavy (non-hydrogen) atoms. The molecular formula is C19H24N2O5S. The van der Waals surface area contributed by atoms with Crippen LogP contribution in [0.5, 0.6) is 11.5 Å². The number of sulfonamides is 1. The number of amides is 1. The first-order chi connectivity index (χ1) is 13.0. The highest BCUT2D eigenvalue weighted by molar-refractivity contribution is 7.89. The molecule has 0 aromatic heterocycles. The minimum absolute atomic E-state index is 0.0351. The van der Waals surface area contributed by atoms with Gasteiger partial charge in [-0.05, 0) is 56.2 Å². The molecule has 0 aliphatic carbocycles. The van der Waals surface area contributed by atoms with Crippen LogP contribution in [-0.2, 0) is 21.2 Å². The maximum atomic E-state index is 12.2. The minimum Gasteiger partial charge on any atom is -0.494 e. The third-order valence-corrected chi connectivity index (χ3v) is 4.93. The summed E-state index contributed by atoms with van der Waals surface area (Å²) in [4.78, 5) is 14.1. The summed E-state index contributed by atoms with van der Waals surface area (Å²) in [5, 5.41) is 0. The van der Waals surface area contributed by atoms with E-state index in [0.717, 1.165) is 11.3 Å². The van der Waals surface area contributed by atoms with Crippen LogP contribution in [0.3, 0.4) is 0 Å². The van der Waals surface area contributed by atoms with Crippen molar-refractivity contribution in [2.45, 2.75) is 31.6 Å². The van der Waals surface area contributed by atoms with Gasteiger partial charge in [-0.15, -0.1) is 4.83 Å². The Morgan fingerprint density at radius 3 is 2.30 bits per heavy atom. The van der Waals surface area contributed by atoms with Crippen molar-refractivity contribution in [2.24, 2.45) is 0 Å². The number of carbonyl (C=O) groups excluding carboxylic acids is 1. The summed E-state index contributed by atoms with van der Waals surface area (Å²) in [5.74, 6) is 0.868. The van der Waals surface area contributed by atoms with E-state index < -0.39 is 15.9 Å². The fraction of sp³-hybridized carbons (Fsp3) is 0.316. The molecule has 0 spiro atoms. The molecule has 0 aliphatic heterocycles. The van der Waals surface area contributed by atoms with Gasteiger partial charge in [-0.2, -0.15) is 0 Å². The molecule has 8 heteroatoms. The Kier molecular flexibility index (Phi) is 7.63. The van der Waals surface area contributed by atoms with Gasteiger partial charge in [0.1, 0.15) is 11.5 Å². The second-order valence-electron chi connectivity index (χ2n) is 5.60. The molecule has 146 valence electrons. The first-order valence-corrected chi connectivity index (χ1v) is 10.2. The number of rotatable bonds is 10. The predicted octanol–water partition coefficient (Wildman–Crippen LogP) is 2.43. The maximum absolute atomic E-state index is 12.2. The molecule has 0 bridgehead atoms. The van der Waals surface area contributed by atoms with Crippen LogP contribution in [0.25, 0.3) is 0 Å². The summed E-state index contributed by atoms with van der Waals surface area (Å²) in [6.45, 7) is 4.76. The summed E-state index contributed by atoms with van der Waals surface area (Å²) in [6, 6.07) is 13.4. The zero-order chi connectivity index (χ0) is 19.7. The lowest BCUT2D eigenvalue weighted by Gasteiger charge is -2.11. The van der Waals surface area contributed by atoms with Crippen molar-refractivity contribution in [2.75, 3.05) is 13.2 Å². The number of hydrogen-bond donors (Lipinski definition) is 2. The van der Waals surface area contributed by atoms with Crippen LogP contribution in [0.4, 0.5) is 0 Å². The van der Waals surface area contributed by atoms with Crippen LogP contribution in [0.15, 0.2) is 53.4 Å². The smallest absolute Gasteiger partial charge is 0.257 e. The summed E-state index contributed by atoms with van der Waals surface area (Å²) < 4.78 is 35.3. The molecule has 1 amide bonds. The number of benzene rings is 2. The van der Waals surface area contributed by atoms with Crippen LogP contribution in [0.1, 0.15) is 25.8 Å². The topological polar surface area (TPSA) is 93.7 Å². The van der Waals surface area contributed by atoms with E-state index in [9.17, 15) is 13.2 Å². The van der Waals surface area contributed by atoms with E-state index in [1.165, 1.54) is 12.1 Å². The van der Waals surface area contributed by atoms with Crippen LogP contribution in [0, 0.1) is 0 Å². The molecule has 0 fully saturated rings. The first-order valence-electron chi connectivity index (χ1n) is 8.70. The highest BCUT2D eigenvalue weighted by atomic mass is 32.2. The minimum atomic E-state index is -3.85. The SMILES string of the molecule is CCOc1ccc(S(=O)(=O)NNC(=O)CCc2ccccc2OCC)cc1. The molecule has 0 radical (unpaired) electrons. The van der Waals surface area contributed by atoms with Crippen LogP contribution >= 0.6 is 0 Å². The largest absolute Gasteiger partial charge is 0.494 e. The normalized spacial score (nSPS) is 11.0. The highest BCUT2D eigenvalue weighted by Crippen LogP contribution is 2.19. The van der Waals surface area contributed by atoms with Crippen molar-refractivity contribution in [1.29, 1.82) is 0 Å². The predicted molar refractivity (Wildman–Crippen MR) is 102 cm³/mol. The van der Waals surface area contributed by atoms with Gasteiger partial charge in [0.05, 0.1) is 18.1 Å². The molecule has 2 aromatic carbocycles. The quantitative estimate of drug-likeness (QED) is 0.606. The molecule has 0 saturated carbocycles. The van der Waals surface area contributed by atoms with Crippen molar-refractivity contribution >= 4 is 15.9 Å². The lowest BCUT2D eigenvalue weighted by molar-refractivity contribution is -0.121. The van der Waals surface area contributed by atoms with Gasteiger partial charge in [-0.3, -0.25) is 10.2 Å². The van der Waals surface area contributed by atoms with E-state index in [-0.39, 0.29) is 11.3 Å². The van der Waals surface area contributed by atoms with E-state index in [1.807, 2.05) is 38.1 Å². The maximum Gasteiger partial charge on any atom is 0.257 e. The zero-order valence-corrected chi connectivity index (χ0v) is 16.2. The fourth-order valence-corrected chi connectivity index (χ4v) is 3.24. The van der Waals surface area contributed by atoms with Crippen molar-refractivity contribution in [1.82, 2.24) is 10.3 Å². The second-order valence-corrected chi connectivity index (χ2v) is 7.28. The third kappa shape index (κ3) is 6.26. The van der Waals surface area contributed by atoms with Gasteiger partial charge in [0, 0.05) is 6.42 Å². The molecule has 0 saturated heterocycles. The number of ether oxygens (including phenoxy) is 2. The van der Waals surface area contributed by atoms with E-state index in [0.29, 0.717) is 25.4 Å². The van der Waals surface area contributed by atoms with Gasteiger partial charge in [0.25, 0.3) is 10.0 Å². The average Bonchev–Trinajstić information content (AvgIpc) is 2.67. The van der Waals surface area contributed by atoms with Crippen molar-refractivity contribution in [3.63, 3.8) is 0 Å². The van der Waals surface area contributed by atoms with E-state index in [4.69, 9.17) is 9.47 Å². The van der Waals surface area contributed by atoms with Crippen molar-refractivity contribution in [3.8, 4) is 11.5 Å². The first kappa shape index (κ1) is 20.7. The Balaban J connectivity index is 1.89. The van der Waals surface area contributed by atoms with Gasteiger partial charge in [0.2, 0.25) is 5.91 Å². The molecule has 0 unspecified atom stereocenters. The Hall–Kier alpha value is -2.58. The lowest BCUT2D eigenvalue weighted by atomic mass is 10.1. The number of carbonyl (C=O) groups is 1. The Bertz CT molecular complexity index is 851. The van der Waals surface area contributed by atoms with E-state index in [2.05, 4.69) is 10.3 Å². The third-order valence-electron chi connectivity index (χ3n) is 3.66. The lowest BCUT2D eigenvalue weighted by Crippen LogP contribution is -2.41. The van der Waals surface area contributed by atoms with Gasteiger partial charge in [0.15, 0.2) is 0 Å². The summed E-state index contributed by atoms with van der Waals surface area (Å²) in [5.41, 5.74) is 3.13. The highest BCUT2D eigenvalue weighted by Gasteiger charge is 2.15. The molecule has 2 N–H and O–H groups in total. The van der Waals surface area contributed by atoms with Gasteiger partial charge >= 0.3 is 0 Å². The van der Waals surface area contributed by atoms with Gasteiger partial charge in [-0.25, -0.2) is 8.42 Å². The molecule has 0 heterocycles. The Labute approximate surface area is 159 Å². The van der Waals surface area contributed by atoms with Crippen LogP contribution in [0.2, 0.25) is 0 Å². The summed E-state index contributed by atoms with van der Waals surface area (Å²) >= 11 is 0. The van der Waals surface area contributed by atoms with Crippen LogP contribution in [-0.4, -0.2) is 27.5 Å². The molecular weight excluding hydrogens is 368 g/mol. The number of hydrazine groups is 1. The number of nitrogens with one attached hydrogen (secondary N) is 2. The summed E-state index contributed by atoms with van der Waals surface area (Å²) in [6.07, 6.45) is 0.558. The van der Waals surface area contributed by atoms with E-state index in [1.54, 1.807) is 12.1 Å². The summed E-state index contributed by atoms with van der Waals surface area (Å²) in [7, 11) is -3.85. The Morgan fingerprint density at radius 1 is 0.963 bits per heavy atom.